The van der Waals surface area contributed by atoms with Crippen molar-refractivity contribution in [2.45, 2.75) is 64.2 Å². The van der Waals surface area contributed by atoms with Crippen LogP contribution in [0.3, 0.4) is 0 Å². The molecule has 0 heterocycles. The molecule has 0 bridgehead atoms. The average molecular weight is 467 g/mol. The van der Waals surface area contributed by atoms with E-state index in [2.05, 4.69) is 65.3 Å². The first-order chi connectivity index (χ1) is 14.9. The predicted octanol–water partition coefficient (Wildman–Crippen LogP) is 8.68. The van der Waals surface area contributed by atoms with E-state index in [-0.39, 0.29) is 0 Å². The molecule has 32 heavy (non-hydrogen) atoms. The van der Waals surface area contributed by atoms with E-state index >= 15 is 0 Å². The summed E-state index contributed by atoms with van der Waals surface area (Å²) in [6.07, 6.45) is 3.43. The second-order valence-electron chi connectivity index (χ2n) is 10.6. The van der Waals surface area contributed by atoms with Crippen molar-refractivity contribution in [2.75, 3.05) is 0 Å². The number of hydrogen-bond acceptors (Lipinski definition) is 3. The highest BCUT2D eigenvalue weighted by Gasteiger charge is 2.25. The van der Waals surface area contributed by atoms with Crippen LogP contribution in [0.5, 0.6) is 0 Å². The van der Waals surface area contributed by atoms with Crippen molar-refractivity contribution in [1.29, 1.82) is 0 Å². The summed E-state index contributed by atoms with van der Waals surface area (Å²) in [7, 11) is -2.90. The van der Waals surface area contributed by atoms with Crippen LogP contribution in [0.4, 0.5) is 4.79 Å². The van der Waals surface area contributed by atoms with Gasteiger partial charge < -0.3 is 9.47 Å². The third kappa shape index (κ3) is 7.95. The van der Waals surface area contributed by atoms with Crippen molar-refractivity contribution in [1.82, 2.24) is 0 Å². The Kier molecular flexibility index (Phi) is 8.87. The molecule has 0 aliphatic heterocycles. The van der Waals surface area contributed by atoms with Crippen molar-refractivity contribution < 1.29 is 14.3 Å². The minimum Gasteiger partial charge on any atom is -0.394 e. The normalized spacial score (nSPS) is 15.1. The van der Waals surface area contributed by atoms with Crippen LogP contribution in [-0.2, 0) is 9.47 Å². The fraction of sp³-hybridized carbons (Fsp3) is 0.370. The Hall–Kier alpha value is -2.38. The molecule has 172 valence electrons. The van der Waals surface area contributed by atoms with Gasteiger partial charge >= 0.3 is 6.16 Å². The molecular formula is C27H38O3Si2. The van der Waals surface area contributed by atoms with Gasteiger partial charge in [-0.1, -0.05) is 114 Å². The van der Waals surface area contributed by atoms with Crippen LogP contribution in [0.25, 0.3) is 11.5 Å². The van der Waals surface area contributed by atoms with Crippen molar-refractivity contribution >= 4 is 33.8 Å². The molecule has 0 aliphatic carbocycles. The molecule has 0 saturated heterocycles. The molecule has 2 aromatic rings. The third-order valence-electron chi connectivity index (χ3n) is 6.04. The summed E-state index contributed by atoms with van der Waals surface area (Å²) < 4.78 is 11.6. The van der Waals surface area contributed by atoms with E-state index in [4.69, 9.17) is 9.47 Å². The van der Waals surface area contributed by atoms with Gasteiger partial charge in [0, 0.05) is 11.1 Å². The van der Waals surface area contributed by atoms with Crippen molar-refractivity contribution in [2.24, 2.45) is 0 Å². The maximum absolute atomic E-state index is 13.0. The lowest BCUT2D eigenvalue weighted by molar-refractivity contribution is 0.132. The van der Waals surface area contributed by atoms with E-state index in [1.54, 1.807) is 0 Å². The lowest BCUT2D eigenvalue weighted by Gasteiger charge is -2.24. The summed E-state index contributed by atoms with van der Waals surface area (Å²) in [4.78, 5) is 13.0. The Morgan fingerprint density at radius 3 is 1.25 bits per heavy atom. The van der Waals surface area contributed by atoms with Crippen LogP contribution < -0.4 is 0 Å². The first kappa shape index (κ1) is 25.9. The molecule has 0 saturated carbocycles. The van der Waals surface area contributed by atoms with Crippen molar-refractivity contribution in [3.63, 3.8) is 0 Å². The summed E-state index contributed by atoms with van der Waals surface area (Å²) in [5, 5.41) is 0. The molecule has 2 atom stereocenters. The first-order valence-electron chi connectivity index (χ1n) is 11.3. The second kappa shape index (κ2) is 11.0. The fourth-order valence-electron chi connectivity index (χ4n) is 2.74. The van der Waals surface area contributed by atoms with Gasteiger partial charge in [-0.3, -0.25) is 0 Å². The molecule has 0 spiro atoms. The zero-order valence-electron chi connectivity index (χ0n) is 20.8. The predicted molar refractivity (Wildman–Crippen MR) is 142 cm³/mol. The maximum atomic E-state index is 13.0. The lowest BCUT2D eigenvalue weighted by atomic mass is 10.1. The van der Waals surface area contributed by atoms with Crippen LogP contribution in [-0.4, -0.2) is 22.3 Å². The van der Waals surface area contributed by atoms with Crippen molar-refractivity contribution in [3.8, 4) is 0 Å². The van der Waals surface area contributed by atoms with E-state index in [9.17, 15) is 4.79 Å². The molecule has 2 aromatic carbocycles. The summed E-state index contributed by atoms with van der Waals surface area (Å²) >= 11 is 0. The molecule has 0 aliphatic rings. The molecule has 0 N–H and O–H groups in total. The Morgan fingerprint density at radius 1 is 0.656 bits per heavy atom. The zero-order chi connectivity index (χ0) is 23.9. The Balaban J connectivity index is 2.34. The zero-order valence-corrected chi connectivity index (χ0v) is 22.8. The standard InChI is InChI=1S/C27H38O3Si2/c1-21(31(3,4)5)19-25(23-15-11-9-12-16-23)29-27(28)30-26(20-22(2)32(6,7)8)24-17-13-10-14-18-24/h9-22H,1-8H3. The van der Waals surface area contributed by atoms with Gasteiger partial charge in [0.2, 0.25) is 0 Å². The lowest BCUT2D eigenvalue weighted by Crippen LogP contribution is -2.25. The Labute approximate surface area is 196 Å². The van der Waals surface area contributed by atoms with Crippen LogP contribution in [0.1, 0.15) is 25.0 Å². The van der Waals surface area contributed by atoms with Gasteiger partial charge in [-0.25, -0.2) is 4.79 Å². The summed E-state index contributed by atoms with van der Waals surface area (Å²) in [6.45, 7) is 18.2. The first-order valence-corrected chi connectivity index (χ1v) is 18.5. The molecular weight excluding hydrogens is 428 g/mol. The van der Waals surface area contributed by atoms with Gasteiger partial charge in [0.1, 0.15) is 11.5 Å². The van der Waals surface area contributed by atoms with E-state index in [0.29, 0.717) is 22.6 Å². The van der Waals surface area contributed by atoms with E-state index in [1.165, 1.54) is 0 Å². The van der Waals surface area contributed by atoms with Gasteiger partial charge in [0.15, 0.2) is 0 Å². The summed E-state index contributed by atoms with van der Waals surface area (Å²) in [5.74, 6) is 1.10. The molecule has 0 amide bonds. The minimum absolute atomic E-state index is 0.335. The van der Waals surface area contributed by atoms with Crippen LogP contribution in [0.2, 0.25) is 50.4 Å². The molecule has 3 nitrogen and oxygen atoms in total. The largest absolute Gasteiger partial charge is 0.519 e. The number of carbonyl (C=O) groups excluding carboxylic acids is 1. The monoisotopic (exact) mass is 466 g/mol. The molecule has 0 aromatic heterocycles. The van der Waals surface area contributed by atoms with Crippen LogP contribution in [0, 0.1) is 0 Å². The van der Waals surface area contributed by atoms with Crippen LogP contribution >= 0.6 is 0 Å². The average Bonchev–Trinajstić information content (AvgIpc) is 2.72. The second-order valence-corrected chi connectivity index (χ2v) is 21.8. The Bertz CT molecular complexity index is 859. The highest BCUT2D eigenvalue weighted by molar-refractivity contribution is 6.78. The fourth-order valence-corrected chi connectivity index (χ4v) is 4.04. The summed E-state index contributed by atoms with van der Waals surface area (Å²) in [5.41, 5.74) is 2.41. The molecule has 2 rings (SSSR count). The Morgan fingerprint density at radius 2 is 0.969 bits per heavy atom. The van der Waals surface area contributed by atoms with E-state index in [0.717, 1.165) is 11.1 Å². The number of benzene rings is 2. The minimum atomic E-state index is -1.45. The van der Waals surface area contributed by atoms with Gasteiger partial charge in [-0.05, 0) is 23.2 Å². The van der Waals surface area contributed by atoms with Crippen molar-refractivity contribution in [3.05, 3.63) is 83.9 Å². The topological polar surface area (TPSA) is 35.5 Å². The third-order valence-corrected chi connectivity index (χ3v) is 11.8. The highest BCUT2D eigenvalue weighted by atomic mass is 28.3. The van der Waals surface area contributed by atoms with E-state index in [1.807, 2.05) is 60.7 Å². The number of ether oxygens (including phenoxy) is 2. The molecule has 5 heteroatoms. The van der Waals surface area contributed by atoms with Crippen LogP contribution in [0.15, 0.2) is 72.8 Å². The number of hydrogen-bond donors (Lipinski definition) is 0. The van der Waals surface area contributed by atoms with Gasteiger partial charge in [-0.2, -0.15) is 0 Å². The maximum Gasteiger partial charge on any atom is 0.519 e. The summed E-state index contributed by atoms with van der Waals surface area (Å²) in [6, 6.07) is 19.5. The smallest absolute Gasteiger partial charge is 0.394 e. The number of carbonyl (C=O) groups is 1. The molecule has 0 fully saturated rings. The van der Waals surface area contributed by atoms with Gasteiger partial charge in [-0.15, -0.1) is 0 Å². The quantitative estimate of drug-likeness (QED) is 0.222. The van der Waals surface area contributed by atoms with E-state index < -0.39 is 22.3 Å². The van der Waals surface area contributed by atoms with Gasteiger partial charge in [0.05, 0.1) is 16.1 Å². The highest BCUT2D eigenvalue weighted by Crippen LogP contribution is 2.30. The molecule has 2 unspecified atom stereocenters. The SMILES string of the molecule is CC(C=C(OC(=O)OC(=CC(C)[Si](C)(C)C)c1ccccc1)c1ccccc1)[Si](C)(C)C. The number of allylic oxidation sites excluding steroid dienone is 2. The van der Waals surface area contributed by atoms with Gasteiger partial charge in [0.25, 0.3) is 0 Å². The number of rotatable bonds is 8. The molecule has 0 radical (unpaired) electrons.